The van der Waals surface area contributed by atoms with Gasteiger partial charge in [0.25, 0.3) is 0 Å². The summed E-state index contributed by atoms with van der Waals surface area (Å²) in [4.78, 5) is 13.3. The molecule has 2 aliphatic rings. The molecule has 0 aliphatic carbocycles. The smallest absolute Gasteiger partial charge is 0.410 e. The Morgan fingerprint density at radius 2 is 1.50 bits per heavy atom. The van der Waals surface area contributed by atoms with E-state index in [1.54, 1.807) is 0 Å². The van der Waals surface area contributed by atoms with Gasteiger partial charge in [0, 0.05) is 20.3 Å². The predicted octanol–water partition coefficient (Wildman–Crippen LogP) is 1.17. The summed E-state index contributed by atoms with van der Waals surface area (Å²) in [5, 5.41) is 44.5. The van der Waals surface area contributed by atoms with Crippen LogP contribution in [-0.2, 0) is 20.8 Å². The van der Waals surface area contributed by atoms with Gasteiger partial charge in [0.2, 0.25) is 0 Å². The molecule has 2 heterocycles. The topological polar surface area (TPSA) is 149 Å². The number of β-amino-alcohol motifs (C(OH)–C–C–N with tert-alkyl or cyclic N) is 1. The summed E-state index contributed by atoms with van der Waals surface area (Å²) in [7, 11) is 1.00. The Hall–Kier alpha value is -1.79. The second-order valence-electron chi connectivity index (χ2n) is 7.40. The quantitative estimate of drug-likeness (QED) is 0.411. The van der Waals surface area contributed by atoms with E-state index in [-0.39, 0.29) is 41.2 Å². The third-order valence-corrected chi connectivity index (χ3v) is 4.88. The first-order valence-corrected chi connectivity index (χ1v) is 10.8. The molecule has 5 N–H and O–H groups in total. The zero-order valence-corrected chi connectivity index (χ0v) is 18.6. The third-order valence-electron chi connectivity index (χ3n) is 4.88. The van der Waals surface area contributed by atoms with Crippen molar-refractivity contribution in [2.75, 3.05) is 46.6 Å². The van der Waals surface area contributed by atoms with E-state index >= 15 is 0 Å². The summed E-state index contributed by atoms with van der Waals surface area (Å²) in [5.41, 5.74) is 0.893. The summed E-state index contributed by atoms with van der Waals surface area (Å²) >= 11 is 0. The summed E-state index contributed by atoms with van der Waals surface area (Å²) < 4.78 is 15.4. The Morgan fingerprint density at radius 1 is 0.912 bits per heavy atom. The number of ether oxygens (including phenoxy) is 3. The lowest BCUT2D eigenvalue weighted by Gasteiger charge is -2.29. The highest BCUT2D eigenvalue weighted by atomic mass is 16.6. The predicted molar refractivity (Wildman–Crippen MR) is 129 cm³/mol. The van der Waals surface area contributed by atoms with Gasteiger partial charge in [-0.3, -0.25) is 0 Å². The van der Waals surface area contributed by atoms with Crippen LogP contribution in [0.5, 0.6) is 0 Å². The fourth-order valence-electron chi connectivity index (χ4n) is 2.97. The lowest BCUT2D eigenvalue weighted by Crippen LogP contribution is -2.47. The van der Waals surface area contributed by atoms with Gasteiger partial charge < -0.3 is 44.6 Å². The average Bonchev–Trinajstić information content (AvgIpc) is 2.81. The normalized spacial score (nSPS) is 24.9. The number of carbonyl (C=O) groups is 1. The van der Waals surface area contributed by atoms with Crippen molar-refractivity contribution in [3.63, 3.8) is 0 Å². The molecule has 0 aromatic heterocycles. The van der Waals surface area contributed by atoms with Gasteiger partial charge in [0.05, 0.1) is 38.6 Å². The van der Waals surface area contributed by atoms with Crippen LogP contribution in [0.25, 0.3) is 0 Å². The molecule has 1 aromatic rings. The standard InChI is InChI=1S/C14H19NO5.C7H14O3.CH4O.2CH4/c16-12-8-15(6-7-19-10-13(12)17)14(18)20-9-11-4-2-1-3-5-11;8-6-3-1-2-4-10-5-7(6)9;1-2;;/h1-5,12-13,16-17H,6-10H2;6-9H,1-5H2;2H,1H3;2*1H4/t12-,13-;6-,7-;;;/m11.../s1. The number of nitrogens with zero attached hydrogens (tertiary/aromatic N) is 1. The van der Waals surface area contributed by atoms with Gasteiger partial charge >= 0.3 is 6.09 Å². The molecule has 0 bridgehead atoms. The Bertz CT molecular complexity index is 593. The maximum Gasteiger partial charge on any atom is 0.410 e. The molecule has 10 heteroatoms. The fourth-order valence-corrected chi connectivity index (χ4v) is 2.97. The van der Waals surface area contributed by atoms with Crippen LogP contribution < -0.4 is 0 Å². The van der Waals surface area contributed by atoms with Crippen molar-refractivity contribution >= 4 is 6.09 Å². The Kier molecular flexibility index (Phi) is 20.8. The van der Waals surface area contributed by atoms with Crippen LogP contribution in [0, 0.1) is 0 Å². The molecule has 1 amide bonds. The molecule has 0 radical (unpaired) electrons. The van der Waals surface area contributed by atoms with Crippen molar-refractivity contribution in [1.82, 2.24) is 4.90 Å². The van der Waals surface area contributed by atoms with E-state index < -0.39 is 30.5 Å². The number of benzene rings is 1. The minimum Gasteiger partial charge on any atom is -0.445 e. The molecular formula is C24H45NO9. The Labute approximate surface area is 203 Å². The maximum atomic E-state index is 11.9. The molecule has 2 fully saturated rings. The molecule has 4 atom stereocenters. The molecule has 2 saturated heterocycles. The van der Waals surface area contributed by atoms with E-state index in [1.807, 2.05) is 30.3 Å². The summed E-state index contributed by atoms with van der Waals surface area (Å²) in [6.07, 6.45) is -1.17. The fraction of sp³-hybridized carbons (Fsp3) is 0.708. The molecule has 10 nitrogen and oxygen atoms in total. The van der Waals surface area contributed by atoms with Crippen LogP contribution in [0.2, 0.25) is 0 Å². The van der Waals surface area contributed by atoms with Crippen LogP contribution in [0.15, 0.2) is 30.3 Å². The molecule has 3 rings (SSSR count). The molecule has 1 aromatic carbocycles. The van der Waals surface area contributed by atoms with Gasteiger partial charge in [-0.25, -0.2) is 4.79 Å². The maximum absolute atomic E-state index is 11.9. The molecular weight excluding hydrogens is 446 g/mol. The number of rotatable bonds is 2. The molecule has 0 saturated carbocycles. The third kappa shape index (κ3) is 13.8. The monoisotopic (exact) mass is 491 g/mol. The number of amides is 1. The summed E-state index contributed by atoms with van der Waals surface area (Å²) in [5.74, 6) is 0. The van der Waals surface area contributed by atoms with E-state index in [2.05, 4.69) is 0 Å². The molecule has 0 spiro atoms. The van der Waals surface area contributed by atoms with Gasteiger partial charge in [-0.15, -0.1) is 0 Å². The van der Waals surface area contributed by atoms with E-state index in [0.29, 0.717) is 26.2 Å². The van der Waals surface area contributed by atoms with Crippen molar-refractivity contribution in [2.45, 2.75) is 65.1 Å². The van der Waals surface area contributed by atoms with Crippen molar-refractivity contribution in [1.29, 1.82) is 0 Å². The summed E-state index contributed by atoms with van der Waals surface area (Å²) in [6.45, 7) is 1.93. The molecule has 200 valence electrons. The van der Waals surface area contributed by atoms with Crippen molar-refractivity contribution in [2.24, 2.45) is 0 Å². The molecule has 0 unspecified atom stereocenters. The zero-order chi connectivity index (χ0) is 23.8. The van der Waals surface area contributed by atoms with Crippen molar-refractivity contribution in [3.05, 3.63) is 35.9 Å². The highest BCUT2D eigenvalue weighted by Gasteiger charge is 2.26. The van der Waals surface area contributed by atoms with Crippen LogP contribution in [-0.4, -0.2) is 108 Å². The minimum absolute atomic E-state index is 0. The van der Waals surface area contributed by atoms with Crippen LogP contribution in [0.3, 0.4) is 0 Å². The van der Waals surface area contributed by atoms with Crippen LogP contribution in [0.1, 0.15) is 39.7 Å². The van der Waals surface area contributed by atoms with Gasteiger partial charge in [-0.2, -0.15) is 0 Å². The van der Waals surface area contributed by atoms with Gasteiger partial charge in [0.15, 0.2) is 0 Å². The van der Waals surface area contributed by atoms with Gasteiger partial charge in [-0.1, -0.05) is 45.2 Å². The van der Waals surface area contributed by atoms with Crippen LogP contribution >= 0.6 is 0 Å². The minimum atomic E-state index is -1.03. The average molecular weight is 492 g/mol. The van der Waals surface area contributed by atoms with E-state index in [0.717, 1.165) is 25.5 Å². The Morgan fingerprint density at radius 3 is 2.15 bits per heavy atom. The van der Waals surface area contributed by atoms with Crippen molar-refractivity contribution < 1.29 is 44.5 Å². The zero-order valence-electron chi connectivity index (χ0n) is 18.6. The van der Waals surface area contributed by atoms with Crippen LogP contribution in [0.4, 0.5) is 4.79 Å². The van der Waals surface area contributed by atoms with E-state index in [1.165, 1.54) is 4.90 Å². The van der Waals surface area contributed by atoms with Gasteiger partial charge in [0.1, 0.15) is 18.8 Å². The lowest BCUT2D eigenvalue weighted by atomic mass is 10.1. The van der Waals surface area contributed by atoms with E-state index in [4.69, 9.17) is 29.5 Å². The molecule has 2 aliphatic heterocycles. The Balaban J connectivity index is 0. The highest BCUT2D eigenvalue weighted by molar-refractivity contribution is 5.67. The van der Waals surface area contributed by atoms with E-state index in [9.17, 15) is 15.0 Å². The van der Waals surface area contributed by atoms with Gasteiger partial charge in [-0.05, 0) is 24.8 Å². The SMILES string of the molecule is C.C.CO.O=C(OCc1ccccc1)N1CCOC[C@@H](O)[C@H](O)C1.O[C@@H]1CCCCOC[C@H]1O. The largest absolute Gasteiger partial charge is 0.445 e. The second kappa shape index (κ2) is 20.6. The number of carbonyl (C=O) groups excluding carboxylic acids is 1. The number of hydrogen-bond acceptors (Lipinski definition) is 9. The second-order valence-corrected chi connectivity index (χ2v) is 7.40. The first-order chi connectivity index (χ1) is 15.5. The van der Waals surface area contributed by atoms with Crippen molar-refractivity contribution in [3.8, 4) is 0 Å². The first kappa shape index (κ1) is 34.4. The first-order valence-electron chi connectivity index (χ1n) is 10.8. The lowest BCUT2D eigenvalue weighted by molar-refractivity contribution is -0.0686. The number of hydrogen-bond donors (Lipinski definition) is 5. The molecule has 34 heavy (non-hydrogen) atoms. The number of aliphatic hydroxyl groups is 5. The highest BCUT2D eigenvalue weighted by Crippen LogP contribution is 2.09. The summed E-state index contributed by atoms with van der Waals surface area (Å²) in [6, 6.07) is 9.35. The number of aliphatic hydroxyl groups excluding tert-OH is 5.